The zero-order valence-electron chi connectivity index (χ0n) is 18.5. The number of nitrogens with zero attached hydrogens (tertiary/aromatic N) is 3. The molecule has 7 nitrogen and oxygen atoms in total. The van der Waals surface area contributed by atoms with Gasteiger partial charge in [0.1, 0.15) is 5.56 Å². The summed E-state index contributed by atoms with van der Waals surface area (Å²) in [5, 5.41) is 7.47. The van der Waals surface area contributed by atoms with Crippen LogP contribution in [0.2, 0.25) is 0 Å². The van der Waals surface area contributed by atoms with Gasteiger partial charge >= 0.3 is 0 Å². The van der Waals surface area contributed by atoms with Crippen molar-refractivity contribution < 1.29 is 14.3 Å². The third-order valence-electron chi connectivity index (χ3n) is 5.71. The number of hydrogen-bond acceptors (Lipinski definition) is 5. The number of aryl methyl sites for hydroxylation is 1. The summed E-state index contributed by atoms with van der Waals surface area (Å²) in [5.74, 6) is 1.99. The molecule has 0 bridgehead atoms. The summed E-state index contributed by atoms with van der Waals surface area (Å²) < 4.78 is 13.1. The second-order valence-corrected chi connectivity index (χ2v) is 8.02. The maximum absolute atomic E-state index is 12.8. The number of carbonyl (C=O) groups excluding carboxylic acids is 1. The summed E-state index contributed by atoms with van der Waals surface area (Å²) in [6.07, 6.45) is 7.36. The Morgan fingerprint density at radius 3 is 2.81 bits per heavy atom. The van der Waals surface area contributed by atoms with E-state index in [0.29, 0.717) is 43.3 Å². The quantitative estimate of drug-likeness (QED) is 0.600. The summed E-state index contributed by atoms with van der Waals surface area (Å²) >= 11 is 0. The Morgan fingerprint density at radius 1 is 1.19 bits per heavy atom. The zero-order valence-corrected chi connectivity index (χ0v) is 18.5. The molecule has 1 N–H and O–H groups in total. The molecule has 1 atom stereocenters. The van der Waals surface area contributed by atoms with Crippen LogP contribution in [0.4, 0.5) is 0 Å². The highest BCUT2D eigenvalue weighted by Gasteiger charge is 2.22. The highest BCUT2D eigenvalue weighted by molar-refractivity contribution is 5.99. The van der Waals surface area contributed by atoms with Crippen LogP contribution in [0, 0.1) is 5.92 Å². The Morgan fingerprint density at radius 2 is 2.00 bits per heavy atom. The Balaban J connectivity index is 1.43. The second-order valence-electron chi connectivity index (χ2n) is 8.02. The first-order chi connectivity index (χ1) is 15.1. The third kappa shape index (κ3) is 4.50. The summed E-state index contributed by atoms with van der Waals surface area (Å²) in [6, 6.07) is 5.90. The predicted molar refractivity (Wildman–Crippen MR) is 119 cm³/mol. The van der Waals surface area contributed by atoms with E-state index >= 15 is 0 Å². The Kier molecular flexibility index (Phi) is 6.39. The van der Waals surface area contributed by atoms with Gasteiger partial charge in [0.05, 0.1) is 19.4 Å². The number of benzene rings is 1. The molecule has 4 rings (SSSR count). The second kappa shape index (κ2) is 9.37. The number of aromatic nitrogens is 3. The van der Waals surface area contributed by atoms with Gasteiger partial charge in [-0.2, -0.15) is 5.10 Å². The van der Waals surface area contributed by atoms with Crippen LogP contribution < -0.4 is 14.8 Å². The van der Waals surface area contributed by atoms with Gasteiger partial charge in [0.2, 0.25) is 0 Å². The fourth-order valence-electron chi connectivity index (χ4n) is 4.14. The molecule has 0 saturated carbocycles. The van der Waals surface area contributed by atoms with Crippen molar-refractivity contribution in [3.05, 3.63) is 53.0 Å². The van der Waals surface area contributed by atoms with Gasteiger partial charge in [0.25, 0.3) is 5.91 Å². The van der Waals surface area contributed by atoms with Gasteiger partial charge in [-0.15, -0.1) is 0 Å². The van der Waals surface area contributed by atoms with E-state index in [4.69, 9.17) is 9.47 Å². The van der Waals surface area contributed by atoms with Crippen molar-refractivity contribution in [2.24, 2.45) is 5.92 Å². The molecule has 1 amide bonds. The number of fused-ring (bicyclic) bond motifs is 3. The van der Waals surface area contributed by atoms with E-state index in [0.717, 1.165) is 36.3 Å². The zero-order chi connectivity index (χ0) is 21.8. The van der Waals surface area contributed by atoms with Gasteiger partial charge in [-0.1, -0.05) is 13.0 Å². The van der Waals surface area contributed by atoms with Crippen molar-refractivity contribution >= 4 is 11.6 Å². The summed E-state index contributed by atoms with van der Waals surface area (Å²) in [4.78, 5) is 17.3. The van der Waals surface area contributed by atoms with Crippen molar-refractivity contribution in [1.29, 1.82) is 0 Å². The molecular weight excluding hydrogens is 392 g/mol. The summed E-state index contributed by atoms with van der Waals surface area (Å²) in [5.41, 5.74) is 4.64. The van der Waals surface area contributed by atoms with Crippen LogP contribution in [0.25, 0.3) is 5.65 Å². The third-order valence-corrected chi connectivity index (χ3v) is 5.71. The molecule has 1 aromatic carbocycles. The van der Waals surface area contributed by atoms with Crippen molar-refractivity contribution in [3.63, 3.8) is 0 Å². The number of rotatable bonds is 8. The summed E-state index contributed by atoms with van der Waals surface area (Å²) in [7, 11) is 0. The Hall–Kier alpha value is -3.09. The topological polar surface area (TPSA) is 77.8 Å². The SMILES string of the molecule is CCOc1ccc(CCNC(=O)c2cnn3c4c(cnc23)C[C@@H](C)CC4)cc1OCC. The predicted octanol–water partition coefficient (Wildman–Crippen LogP) is 3.62. The minimum atomic E-state index is -0.150. The number of nitrogens with one attached hydrogen (secondary N) is 1. The number of hydrogen-bond donors (Lipinski definition) is 1. The van der Waals surface area contributed by atoms with Crippen molar-refractivity contribution in [3.8, 4) is 11.5 Å². The largest absolute Gasteiger partial charge is 0.490 e. The normalized spacial score (nSPS) is 15.5. The maximum atomic E-state index is 12.8. The van der Waals surface area contributed by atoms with E-state index in [2.05, 4.69) is 22.3 Å². The molecule has 0 aliphatic heterocycles. The van der Waals surface area contributed by atoms with E-state index in [1.54, 1.807) is 6.20 Å². The van der Waals surface area contributed by atoms with Crippen molar-refractivity contribution in [1.82, 2.24) is 19.9 Å². The van der Waals surface area contributed by atoms with Crippen LogP contribution in [0.15, 0.2) is 30.6 Å². The van der Waals surface area contributed by atoms with Crippen LogP contribution in [-0.2, 0) is 19.3 Å². The average Bonchev–Trinajstić information content (AvgIpc) is 3.20. The van der Waals surface area contributed by atoms with E-state index in [1.807, 2.05) is 42.8 Å². The highest BCUT2D eigenvalue weighted by atomic mass is 16.5. The molecular formula is C24H30N4O3. The van der Waals surface area contributed by atoms with Gasteiger partial charge in [-0.25, -0.2) is 9.50 Å². The van der Waals surface area contributed by atoms with E-state index < -0.39 is 0 Å². The first-order valence-corrected chi connectivity index (χ1v) is 11.1. The lowest BCUT2D eigenvalue weighted by molar-refractivity contribution is 0.0955. The van der Waals surface area contributed by atoms with Crippen LogP contribution in [0.1, 0.15) is 54.4 Å². The van der Waals surface area contributed by atoms with Crippen LogP contribution in [0.5, 0.6) is 11.5 Å². The number of ether oxygens (including phenoxy) is 2. The van der Waals surface area contributed by atoms with Crippen LogP contribution in [0.3, 0.4) is 0 Å². The van der Waals surface area contributed by atoms with Gasteiger partial charge in [-0.05, 0) is 68.7 Å². The fraction of sp³-hybridized carbons (Fsp3) is 0.458. The molecule has 0 saturated heterocycles. The fourth-order valence-corrected chi connectivity index (χ4v) is 4.14. The van der Waals surface area contributed by atoms with Gasteiger partial charge in [0.15, 0.2) is 17.1 Å². The molecule has 164 valence electrons. The molecule has 31 heavy (non-hydrogen) atoms. The van der Waals surface area contributed by atoms with Gasteiger partial charge < -0.3 is 14.8 Å². The lowest BCUT2D eigenvalue weighted by Gasteiger charge is -2.21. The lowest BCUT2D eigenvalue weighted by atomic mass is 9.89. The standard InChI is InChI=1S/C24H30N4O3/c1-4-30-21-9-7-17(13-22(21)31-5-2)10-11-25-24(29)19-15-27-28-20-8-6-16(3)12-18(20)14-26-23(19)28/h7,9,13-16H,4-6,8,10-12H2,1-3H3,(H,25,29)/t16-/m0/s1. The molecule has 7 heteroatoms. The van der Waals surface area contributed by atoms with Gasteiger partial charge in [0, 0.05) is 18.4 Å². The van der Waals surface area contributed by atoms with E-state index in [-0.39, 0.29) is 5.91 Å². The molecule has 0 radical (unpaired) electrons. The lowest BCUT2D eigenvalue weighted by Crippen LogP contribution is -2.26. The smallest absolute Gasteiger partial charge is 0.256 e. The van der Waals surface area contributed by atoms with Gasteiger partial charge in [-0.3, -0.25) is 4.79 Å². The minimum Gasteiger partial charge on any atom is -0.490 e. The molecule has 2 aromatic heterocycles. The van der Waals surface area contributed by atoms with E-state index in [1.165, 1.54) is 11.3 Å². The van der Waals surface area contributed by atoms with E-state index in [9.17, 15) is 4.79 Å². The Bertz CT molecular complexity index is 1080. The van der Waals surface area contributed by atoms with Crippen LogP contribution >= 0.6 is 0 Å². The molecule has 0 spiro atoms. The van der Waals surface area contributed by atoms with Crippen molar-refractivity contribution in [2.45, 2.75) is 46.5 Å². The monoisotopic (exact) mass is 422 g/mol. The maximum Gasteiger partial charge on any atom is 0.256 e. The molecule has 0 fully saturated rings. The molecule has 3 aromatic rings. The Labute approximate surface area is 182 Å². The number of amides is 1. The molecule has 1 aliphatic carbocycles. The first-order valence-electron chi connectivity index (χ1n) is 11.1. The van der Waals surface area contributed by atoms with Crippen LogP contribution in [-0.4, -0.2) is 40.3 Å². The molecule has 2 heterocycles. The molecule has 0 unspecified atom stereocenters. The molecule has 1 aliphatic rings. The summed E-state index contributed by atoms with van der Waals surface area (Å²) in [6.45, 7) is 7.83. The van der Waals surface area contributed by atoms with Crippen molar-refractivity contribution in [2.75, 3.05) is 19.8 Å². The minimum absolute atomic E-state index is 0.150. The average molecular weight is 423 g/mol. The first kappa shape index (κ1) is 21.2. The number of carbonyl (C=O) groups is 1. The highest BCUT2D eigenvalue weighted by Crippen LogP contribution is 2.29.